The van der Waals surface area contributed by atoms with Gasteiger partial charge in [-0.3, -0.25) is 0 Å². The van der Waals surface area contributed by atoms with Crippen LogP contribution in [0.25, 0.3) is 0 Å². The predicted molar refractivity (Wildman–Crippen MR) is 63.4 cm³/mol. The van der Waals surface area contributed by atoms with Crippen LogP contribution < -0.4 is 4.74 Å². The zero-order valence-corrected chi connectivity index (χ0v) is 9.81. The van der Waals surface area contributed by atoms with Crippen LogP contribution in [0.5, 0.6) is 5.75 Å². The molecule has 3 nitrogen and oxygen atoms in total. The van der Waals surface area contributed by atoms with E-state index in [-0.39, 0.29) is 5.92 Å². The molecule has 0 spiro atoms. The van der Waals surface area contributed by atoms with Crippen molar-refractivity contribution in [3.8, 4) is 17.9 Å². The SMILES string of the molecule is COc1ccc2c(c1)C(C(C#N)C#N)CCC2. The third kappa shape index (κ3) is 2.10. The molecule has 1 unspecified atom stereocenters. The zero-order valence-electron chi connectivity index (χ0n) is 9.81. The summed E-state index contributed by atoms with van der Waals surface area (Å²) in [7, 11) is 1.63. The van der Waals surface area contributed by atoms with Gasteiger partial charge in [0.1, 0.15) is 11.7 Å². The number of aryl methyl sites for hydroxylation is 1. The topological polar surface area (TPSA) is 56.8 Å². The van der Waals surface area contributed by atoms with E-state index < -0.39 is 5.92 Å². The van der Waals surface area contributed by atoms with Gasteiger partial charge in [0.25, 0.3) is 0 Å². The Morgan fingerprint density at radius 2 is 2.12 bits per heavy atom. The minimum absolute atomic E-state index is 0.0313. The summed E-state index contributed by atoms with van der Waals surface area (Å²) in [6.07, 6.45) is 2.98. The normalized spacial score (nSPS) is 18.0. The summed E-state index contributed by atoms with van der Waals surface area (Å²) in [5, 5.41) is 18.1. The Hall–Kier alpha value is -2.00. The van der Waals surface area contributed by atoms with Crippen molar-refractivity contribution >= 4 is 0 Å². The molecule has 86 valence electrons. The Labute approximate surface area is 101 Å². The van der Waals surface area contributed by atoms with Crippen molar-refractivity contribution in [3.05, 3.63) is 29.3 Å². The van der Waals surface area contributed by atoms with E-state index in [1.165, 1.54) is 5.56 Å². The lowest BCUT2D eigenvalue weighted by Crippen LogP contribution is -2.16. The van der Waals surface area contributed by atoms with Gasteiger partial charge in [0.15, 0.2) is 0 Å². The summed E-state index contributed by atoms with van der Waals surface area (Å²) in [6, 6.07) is 10.2. The lowest BCUT2D eigenvalue weighted by molar-refractivity contribution is 0.411. The lowest BCUT2D eigenvalue weighted by atomic mass is 9.76. The molecular formula is C14H14N2O. The van der Waals surface area contributed by atoms with Crippen LogP contribution in [-0.2, 0) is 6.42 Å². The summed E-state index contributed by atoms with van der Waals surface area (Å²) < 4.78 is 5.21. The smallest absolute Gasteiger partial charge is 0.140 e. The number of hydrogen-bond acceptors (Lipinski definition) is 3. The molecule has 1 aliphatic rings. The summed E-state index contributed by atoms with van der Waals surface area (Å²) in [4.78, 5) is 0. The molecule has 0 saturated carbocycles. The number of rotatable bonds is 2. The quantitative estimate of drug-likeness (QED) is 0.779. The Balaban J connectivity index is 2.43. The predicted octanol–water partition coefficient (Wildman–Crippen LogP) is 2.78. The molecule has 0 amide bonds. The molecule has 0 radical (unpaired) electrons. The molecule has 0 N–H and O–H groups in total. The van der Waals surface area contributed by atoms with Crippen molar-refractivity contribution in [2.75, 3.05) is 7.11 Å². The molecule has 2 rings (SSSR count). The Bertz CT molecular complexity index is 482. The maximum Gasteiger partial charge on any atom is 0.140 e. The molecule has 0 aliphatic heterocycles. The standard InChI is InChI=1S/C14H14N2O/c1-17-12-6-5-10-3-2-4-13(14(10)7-12)11(8-15)9-16/h5-7,11,13H,2-4H2,1H3. The summed E-state index contributed by atoms with van der Waals surface area (Å²) >= 11 is 0. The number of methoxy groups -OCH3 is 1. The van der Waals surface area contributed by atoms with E-state index in [9.17, 15) is 0 Å². The van der Waals surface area contributed by atoms with Gasteiger partial charge in [0, 0.05) is 5.92 Å². The van der Waals surface area contributed by atoms with Crippen molar-refractivity contribution in [2.24, 2.45) is 5.92 Å². The minimum Gasteiger partial charge on any atom is -0.497 e. The highest BCUT2D eigenvalue weighted by Gasteiger charge is 2.28. The van der Waals surface area contributed by atoms with Crippen LogP contribution in [0, 0.1) is 28.6 Å². The first-order valence-electron chi connectivity index (χ1n) is 5.76. The average molecular weight is 226 g/mol. The van der Waals surface area contributed by atoms with Crippen LogP contribution in [0.2, 0.25) is 0 Å². The van der Waals surface area contributed by atoms with E-state index in [0.717, 1.165) is 30.6 Å². The highest BCUT2D eigenvalue weighted by atomic mass is 16.5. The lowest BCUT2D eigenvalue weighted by Gasteiger charge is -2.26. The molecule has 1 aliphatic carbocycles. The zero-order chi connectivity index (χ0) is 12.3. The Morgan fingerprint density at radius 3 is 2.76 bits per heavy atom. The van der Waals surface area contributed by atoms with Gasteiger partial charge in [-0.05, 0) is 42.5 Å². The van der Waals surface area contributed by atoms with E-state index in [1.54, 1.807) is 7.11 Å². The third-order valence-corrected chi connectivity index (χ3v) is 3.39. The van der Waals surface area contributed by atoms with Gasteiger partial charge in [-0.25, -0.2) is 0 Å². The molecule has 0 heterocycles. The van der Waals surface area contributed by atoms with Crippen LogP contribution >= 0.6 is 0 Å². The van der Waals surface area contributed by atoms with Crippen LogP contribution in [0.1, 0.15) is 29.9 Å². The summed E-state index contributed by atoms with van der Waals surface area (Å²) in [6.45, 7) is 0. The van der Waals surface area contributed by atoms with E-state index >= 15 is 0 Å². The first-order chi connectivity index (χ1) is 8.30. The van der Waals surface area contributed by atoms with Gasteiger partial charge in [0.2, 0.25) is 0 Å². The van der Waals surface area contributed by atoms with Crippen LogP contribution in [0.15, 0.2) is 18.2 Å². The van der Waals surface area contributed by atoms with E-state index in [2.05, 4.69) is 12.1 Å². The molecule has 0 bridgehead atoms. The average Bonchev–Trinajstić information content (AvgIpc) is 2.40. The molecular weight excluding hydrogens is 212 g/mol. The molecule has 0 aromatic heterocycles. The van der Waals surface area contributed by atoms with Gasteiger partial charge in [-0.2, -0.15) is 10.5 Å². The second kappa shape index (κ2) is 4.89. The molecule has 0 saturated heterocycles. The van der Waals surface area contributed by atoms with Crippen LogP contribution in [0.3, 0.4) is 0 Å². The summed E-state index contributed by atoms with van der Waals surface area (Å²) in [5.74, 6) is 0.273. The largest absolute Gasteiger partial charge is 0.497 e. The first-order valence-corrected chi connectivity index (χ1v) is 5.76. The fourth-order valence-electron chi connectivity index (χ4n) is 2.50. The van der Waals surface area contributed by atoms with Crippen molar-refractivity contribution in [1.29, 1.82) is 10.5 Å². The number of nitriles is 2. The maximum absolute atomic E-state index is 9.03. The van der Waals surface area contributed by atoms with Crippen molar-refractivity contribution < 1.29 is 4.74 Å². The van der Waals surface area contributed by atoms with Crippen molar-refractivity contribution in [3.63, 3.8) is 0 Å². The van der Waals surface area contributed by atoms with Crippen LogP contribution in [-0.4, -0.2) is 7.11 Å². The van der Waals surface area contributed by atoms with E-state index in [1.807, 2.05) is 18.2 Å². The van der Waals surface area contributed by atoms with E-state index in [0.29, 0.717) is 0 Å². The van der Waals surface area contributed by atoms with Gasteiger partial charge in [-0.15, -0.1) is 0 Å². The fraction of sp³-hybridized carbons (Fsp3) is 0.429. The number of hydrogen-bond donors (Lipinski definition) is 0. The maximum atomic E-state index is 9.03. The second-order valence-corrected chi connectivity index (χ2v) is 4.30. The number of ether oxygens (including phenoxy) is 1. The molecule has 17 heavy (non-hydrogen) atoms. The molecule has 0 fully saturated rings. The molecule has 1 atom stereocenters. The Morgan fingerprint density at radius 1 is 1.35 bits per heavy atom. The second-order valence-electron chi connectivity index (χ2n) is 4.30. The molecule has 1 aromatic carbocycles. The van der Waals surface area contributed by atoms with Gasteiger partial charge in [-0.1, -0.05) is 6.07 Å². The van der Waals surface area contributed by atoms with Crippen molar-refractivity contribution in [2.45, 2.75) is 25.2 Å². The van der Waals surface area contributed by atoms with Crippen LogP contribution in [0.4, 0.5) is 0 Å². The monoisotopic (exact) mass is 226 g/mol. The minimum atomic E-state index is -0.554. The summed E-state index contributed by atoms with van der Waals surface area (Å²) in [5.41, 5.74) is 2.36. The fourth-order valence-corrected chi connectivity index (χ4v) is 2.50. The number of benzene rings is 1. The van der Waals surface area contributed by atoms with E-state index in [4.69, 9.17) is 15.3 Å². The number of fused-ring (bicyclic) bond motifs is 1. The molecule has 3 heteroatoms. The van der Waals surface area contributed by atoms with Crippen molar-refractivity contribution in [1.82, 2.24) is 0 Å². The van der Waals surface area contributed by atoms with Gasteiger partial charge >= 0.3 is 0 Å². The van der Waals surface area contributed by atoms with Gasteiger partial charge < -0.3 is 4.74 Å². The first kappa shape index (κ1) is 11.5. The molecule has 1 aromatic rings. The number of nitrogens with zero attached hydrogens (tertiary/aromatic N) is 2. The third-order valence-electron chi connectivity index (χ3n) is 3.39. The van der Waals surface area contributed by atoms with Gasteiger partial charge in [0.05, 0.1) is 19.2 Å². The Kier molecular flexibility index (Phi) is 3.30. The highest BCUT2D eigenvalue weighted by Crippen LogP contribution is 2.38. The highest BCUT2D eigenvalue weighted by molar-refractivity contribution is 5.41.